The fourth-order valence-corrected chi connectivity index (χ4v) is 3.30. The van der Waals surface area contributed by atoms with Crippen molar-refractivity contribution in [3.63, 3.8) is 0 Å². The summed E-state index contributed by atoms with van der Waals surface area (Å²) in [5.41, 5.74) is 2.84. The van der Waals surface area contributed by atoms with Crippen LogP contribution in [0.4, 0.5) is 0 Å². The van der Waals surface area contributed by atoms with Gasteiger partial charge >= 0.3 is 5.97 Å². The van der Waals surface area contributed by atoms with Gasteiger partial charge in [0.2, 0.25) is 0 Å². The molecule has 0 fully saturated rings. The standard InChI is InChI=1S/C23H28N4O2/c1-4-5-6-22-25-21(13-16(2)3)26-27(22)15-17-7-9-18(10-8-17)19-11-12-24-14-20(19)23(28)29/h7-12,14,16H,4-6,13,15H2,1-3H3,(H,28,29). The number of carboxylic acid groups (broad SMARTS) is 1. The molecule has 1 aromatic carbocycles. The number of aryl methyl sites for hydroxylation is 1. The number of pyridine rings is 1. The molecule has 0 atom stereocenters. The second kappa shape index (κ2) is 9.45. The summed E-state index contributed by atoms with van der Waals surface area (Å²) < 4.78 is 2.01. The molecule has 3 aromatic rings. The number of carbonyl (C=O) groups is 1. The van der Waals surface area contributed by atoms with Gasteiger partial charge in [-0.1, -0.05) is 51.5 Å². The van der Waals surface area contributed by atoms with Crippen molar-refractivity contribution in [1.29, 1.82) is 0 Å². The van der Waals surface area contributed by atoms with Gasteiger partial charge in [-0.3, -0.25) is 4.98 Å². The molecule has 0 aliphatic carbocycles. The average molecular weight is 393 g/mol. The highest BCUT2D eigenvalue weighted by atomic mass is 16.4. The zero-order valence-corrected chi connectivity index (χ0v) is 17.3. The van der Waals surface area contributed by atoms with Crippen molar-refractivity contribution in [3.8, 4) is 11.1 Å². The first-order chi connectivity index (χ1) is 14.0. The Morgan fingerprint density at radius 1 is 1.17 bits per heavy atom. The molecule has 1 N–H and O–H groups in total. The molecule has 0 aliphatic rings. The van der Waals surface area contributed by atoms with Gasteiger partial charge in [0.1, 0.15) is 5.82 Å². The molecule has 2 aromatic heterocycles. The summed E-state index contributed by atoms with van der Waals surface area (Å²) in [6.07, 6.45) is 7.03. The maximum atomic E-state index is 11.4. The van der Waals surface area contributed by atoms with E-state index in [1.807, 2.05) is 28.9 Å². The second-order valence-electron chi connectivity index (χ2n) is 7.73. The van der Waals surface area contributed by atoms with Gasteiger partial charge in [-0.2, -0.15) is 5.10 Å². The van der Waals surface area contributed by atoms with Gasteiger partial charge in [0.25, 0.3) is 0 Å². The highest BCUT2D eigenvalue weighted by molar-refractivity contribution is 5.95. The molecule has 0 bridgehead atoms. The third-order valence-corrected chi connectivity index (χ3v) is 4.79. The summed E-state index contributed by atoms with van der Waals surface area (Å²) in [4.78, 5) is 20.1. The van der Waals surface area contributed by atoms with E-state index >= 15 is 0 Å². The predicted molar refractivity (Wildman–Crippen MR) is 113 cm³/mol. The predicted octanol–water partition coefficient (Wildman–Crippen LogP) is 4.63. The molecule has 29 heavy (non-hydrogen) atoms. The maximum Gasteiger partial charge on any atom is 0.337 e. The number of carboxylic acids is 1. The minimum atomic E-state index is -0.974. The largest absolute Gasteiger partial charge is 0.478 e. The van der Waals surface area contributed by atoms with Gasteiger partial charge in [-0.05, 0) is 35.1 Å². The summed E-state index contributed by atoms with van der Waals surface area (Å²) in [5, 5.41) is 14.1. The lowest BCUT2D eigenvalue weighted by Crippen LogP contribution is -2.07. The van der Waals surface area contributed by atoms with E-state index in [2.05, 4.69) is 25.8 Å². The van der Waals surface area contributed by atoms with Gasteiger partial charge in [0.15, 0.2) is 5.82 Å². The van der Waals surface area contributed by atoms with E-state index in [1.165, 1.54) is 6.20 Å². The van der Waals surface area contributed by atoms with Crippen molar-refractivity contribution in [2.75, 3.05) is 0 Å². The molecule has 0 saturated heterocycles. The average Bonchev–Trinajstić information content (AvgIpc) is 3.07. The van der Waals surface area contributed by atoms with Gasteiger partial charge in [0, 0.05) is 25.2 Å². The molecule has 0 spiro atoms. The first-order valence-corrected chi connectivity index (χ1v) is 10.2. The maximum absolute atomic E-state index is 11.4. The number of unbranched alkanes of at least 4 members (excludes halogenated alkanes) is 1. The lowest BCUT2D eigenvalue weighted by molar-refractivity contribution is 0.0697. The molecule has 3 rings (SSSR count). The Hall–Kier alpha value is -3.02. The van der Waals surface area contributed by atoms with E-state index in [4.69, 9.17) is 10.1 Å². The Balaban J connectivity index is 1.83. The van der Waals surface area contributed by atoms with Crippen molar-refractivity contribution in [2.24, 2.45) is 5.92 Å². The monoisotopic (exact) mass is 392 g/mol. The molecule has 152 valence electrons. The smallest absolute Gasteiger partial charge is 0.337 e. The molecular formula is C23H28N4O2. The van der Waals surface area contributed by atoms with Crippen LogP contribution in [0.15, 0.2) is 42.7 Å². The van der Waals surface area contributed by atoms with Gasteiger partial charge in [0.05, 0.1) is 12.1 Å². The summed E-state index contributed by atoms with van der Waals surface area (Å²) in [5.74, 6) is 1.49. The minimum Gasteiger partial charge on any atom is -0.478 e. The minimum absolute atomic E-state index is 0.205. The molecule has 6 nitrogen and oxygen atoms in total. The lowest BCUT2D eigenvalue weighted by Gasteiger charge is -2.09. The summed E-state index contributed by atoms with van der Waals surface area (Å²) in [7, 11) is 0. The molecular weight excluding hydrogens is 364 g/mol. The second-order valence-corrected chi connectivity index (χ2v) is 7.73. The fourth-order valence-electron chi connectivity index (χ4n) is 3.30. The number of benzene rings is 1. The zero-order chi connectivity index (χ0) is 20.8. The van der Waals surface area contributed by atoms with Crippen LogP contribution < -0.4 is 0 Å². The van der Waals surface area contributed by atoms with E-state index < -0.39 is 5.97 Å². The van der Waals surface area contributed by atoms with E-state index in [0.717, 1.165) is 48.5 Å². The highest BCUT2D eigenvalue weighted by Gasteiger charge is 2.13. The Morgan fingerprint density at radius 2 is 1.93 bits per heavy atom. The Bertz CT molecular complexity index is 961. The molecule has 0 amide bonds. The molecule has 0 radical (unpaired) electrons. The molecule has 6 heteroatoms. The Labute approximate surface area is 171 Å². The first-order valence-electron chi connectivity index (χ1n) is 10.2. The molecule has 0 aliphatic heterocycles. The summed E-state index contributed by atoms with van der Waals surface area (Å²) in [6, 6.07) is 9.68. The van der Waals surface area contributed by atoms with E-state index in [0.29, 0.717) is 18.0 Å². The quantitative estimate of drug-likeness (QED) is 0.574. The van der Waals surface area contributed by atoms with Crippen LogP contribution in [0.25, 0.3) is 11.1 Å². The van der Waals surface area contributed by atoms with Crippen LogP contribution in [0, 0.1) is 5.92 Å². The Morgan fingerprint density at radius 3 is 2.59 bits per heavy atom. The normalized spacial score (nSPS) is 11.2. The third kappa shape index (κ3) is 5.28. The van der Waals surface area contributed by atoms with Crippen molar-refractivity contribution < 1.29 is 9.90 Å². The van der Waals surface area contributed by atoms with Gasteiger partial charge < -0.3 is 5.11 Å². The van der Waals surface area contributed by atoms with Crippen LogP contribution in [0.5, 0.6) is 0 Å². The fraction of sp³-hybridized carbons (Fsp3) is 0.391. The zero-order valence-electron chi connectivity index (χ0n) is 17.3. The lowest BCUT2D eigenvalue weighted by atomic mass is 10.0. The summed E-state index contributed by atoms with van der Waals surface area (Å²) in [6.45, 7) is 7.19. The van der Waals surface area contributed by atoms with Gasteiger partial charge in [-0.15, -0.1) is 0 Å². The number of aromatic nitrogens is 4. The highest BCUT2D eigenvalue weighted by Crippen LogP contribution is 2.24. The van der Waals surface area contributed by atoms with E-state index in [9.17, 15) is 9.90 Å². The topological polar surface area (TPSA) is 80.9 Å². The number of hydrogen-bond donors (Lipinski definition) is 1. The van der Waals surface area contributed by atoms with Crippen molar-refractivity contribution in [3.05, 3.63) is 65.5 Å². The Kier molecular flexibility index (Phi) is 6.75. The number of nitrogens with zero attached hydrogens (tertiary/aromatic N) is 4. The van der Waals surface area contributed by atoms with Crippen molar-refractivity contribution in [1.82, 2.24) is 19.7 Å². The SMILES string of the molecule is CCCCc1nc(CC(C)C)nn1Cc1ccc(-c2ccncc2C(=O)O)cc1. The summed E-state index contributed by atoms with van der Waals surface area (Å²) >= 11 is 0. The number of hydrogen-bond acceptors (Lipinski definition) is 4. The van der Waals surface area contributed by atoms with Gasteiger partial charge in [-0.25, -0.2) is 14.5 Å². The number of rotatable bonds is 9. The number of aromatic carboxylic acids is 1. The van der Waals surface area contributed by atoms with Crippen LogP contribution >= 0.6 is 0 Å². The molecule has 0 unspecified atom stereocenters. The van der Waals surface area contributed by atoms with E-state index in [1.54, 1.807) is 12.3 Å². The first kappa shape index (κ1) is 20.7. The van der Waals surface area contributed by atoms with Crippen LogP contribution in [0.1, 0.15) is 61.2 Å². The van der Waals surface area contributed by atoms with Crippen LogP contribution in [-0.4, -0.2) is 30.8 Å². The third-order valence-electron chi connectivity index (χ3n) is 4.79. The van der Waals surface area contributed by atoms with Crippen molar-refractivity contribution >= 4 is 5.97 Å². The van der Waals surface area contributed by atoms with Crippen molar-refractivity contribution in [2.45, 2.75) is 53.0 Å². The molecule has 0 saturated carbocycles. The van der Waals surface area contributed by atoms with Crippen LogP contribution in [0.2, 0.25) is 0 Å². The van der Waals surface area contributed by atoms with Crippen LogP contribution in [0.3, 0.4) is 0 Å². The molecule has 2 heterocycles. The van der Waals surface area contributed by atoms with Crippen LogP contribution in [-0.2, 0) is 19.4 Å². The van der Waals surface area contributed by atoms with E-state index in [-0.39, 0.29) is 5.56 Å².